The lowest BCUT2D eigenvalue weighted by molar-refractivity contribution is 0.174. The summed E-state index contributed by atoms with van der Waals surface area (Å²) < 4.78 is 12.4. The average Bonchev–Trinajstić information content (AvgIpc) is 3.21. The molecule has 126 valence electrons. The van der Waals surface area contributed by atoms with E-state index in [2.05, 4.69) is 33.0 Å². The summed E-state index contributed by atoms with van der Waals surface area (Å²) in [5.74, 6) is 2.16. The first kappa shape index (κ1) is 16.9. The summed E-state index contributed by atoms with van der Waals surface area (Å²) in [6.45, 7) is 3.06. The summed E-state index contributed by atoms with van der Waals surface area (Å²) in [5.41, 5.74) is 0.773. The minimum Gasteiger partial charge on any atom is -0.377 e. The number of benzene rings is 1. The van der Waals surface area contributed by atoms with Crippen LogP contribution in [0, 0.1) is 0 Å². The highest BCUT2D eigenvalue weighted by Crippen LogP contribution is 2.28. The molecule has 2 heterocycles. The Balaban J connectivity index is 1.90. The van der Waals surface area contributed by atoms with Crippen molar-refractivity contribution >= 4 is 24.2 Å². The molecule has 2 aromatic heterocycles. The Morgan fingerprint density at radius 1 is 1.38 bits per heavy atom. The minimum absolute atomic E-state index is 0.347. The van der Waals surface area contributed by atoms with Crippen molar-refractivity contribution in [3.8, 4) is 11.4 Å². The van der Waals surface area contributed by atoms with Crippen LogP contribution >= 0.6 is 24.2 Å². The van der Waals surface area contributed by atoms with E-state index in [1.165, 1.54) is 0 Å². The van der Waals surface area contributed by atoms with Gasteiger partial charge in [0.2, 0.25) is 11.7 Å². The van der Waals surface area contributed by atoms with Gasteiger partial charge in [0, 0.05) is 24.2 Å². The molecule has 0 saturated carbocycles. The van der Waals surface area contributed by atoms with Crippen LogP contribution < -0.4 is 0 Å². The van der Waals surface area contributed by atoms with Gasteiger partial charge < -0.3 is 13.8 Å². The van der Waals surface area contributed by atoms with Gasteiger partial charge in [-0.05, 0) is 19.1 Å². The van der Waals surface area contributed by atoms with Crippen molar-refractivity contribution in [3.63, 3.8) is 0 Å². The predicted octanol–water partition coefficient (Wildman–Crippen LogP) is 3.17. The number of hydrogen-bond acceptors (Lipinski definition) is 7. The monoisotopic (exact) mass is 365 g/mol. The van der Waals surface area contributed by atoms with Gasteiger partial charge in [-0.25, -0.2) is 0 Å². The number of nitrogens with zero attached hydrogens (tertiary/aromatic N) is 5. The van der Waals surface area contributed by atoms with Gasteiger partial charge in [0.05, 0.1) is 0 Å². The number of rotatable bonds is 6. The van der Waals surface area contributed by atoms with E-state index in [-0.39, 0.29) is 0 Å². The smallest absolute Gasteiger partial charge is 0.247 e. The minimum atomic E-state index is -0.483. The van der Waals surface area contributed by atoms with Crippen molar-refractivity contribution in [2.24, 2.45) is 0 Å². The topological polar surface area (TPSA) is 78.9 Å². The fourth-order valence-electron chi connectivity index (χ4n) is 2.33. The molecule has 3 rings (SSSR count). The zero-order valence-corrected chi connectivity index (χ0v) is 14.8. The van der Waals surface area contributed by atoms with Crippen molar-refractivity contribution in [1.82, 2.24) is 24.9 Å². The van der Waals surface area contributed by atoms with Crippen molar-refractivity contribution < 1.29 is 9.26 Å². The van der Waals surface area contributed by atoms with E-state index < -0.39 is 5.25 Å². The van der Waals surface area contributed by atoms with Crippen LogP contribution in [0.15, 0.2) is 28.8 Å². The van der Waals surface area contributed by atoms with E-state index in [9.17, 15) is 0 Å². The van der Waals surface area contributed by atoms with E-state index in [1.807, 2.05) is 23.6 Å². The molecular formula is C15H16ClN5O2S. The van der Waals surface area contributed by atoms with Gasteiger partial charge >= 0.3 is 0 Å². The molecular weight excluding hydrogens is 350 g/mol. The van der Waals surface area contributed by atoms with E-state index in [0.717, 1.165) is 11.4 Å². The normalized spacial score (nSPS) is 12.5. The third-order valence-electron chi connectivity index (χ3n) is 3.45. The molecule has 3 aromatic rings. The van der Waals surface area contributed by atoms with Gasteiger partial charge in [0.25, 0.3) is 0 Å². The van der Waals surface area contributed by atoms with Gasteiger partial charge in [-0.15, -0.1) is 10.2 Å². The fraction of sp³-hybridized carbons (Fsp3) is 0.333. The summed E-state index contributed by atoms with van der Waals surface area (Å²) in [7, 11) is 1.61. The number of thiol groups is 1. The first-order valence-corrected chi connectivity index (χ1v) is 8.22. The van der Waals surface area contributed by atoms with Gasteiger partial charge in [-0.2, -0.15) is 17.6 Å². The molecule has 1 unspecified atom stereocenters. The van der Waals surface area contributed by atoms with E-state index >= 15 is 0 Å². The molecule has 24 heavy (non-hydrogen) atoms. The van der Waals surface area contributed by atoms with Gasteiger partial charge in [0.1, 0.15) is 11.9 Å². The summed E-state index contributed by atoms with van der Waals surface area (Å²) in [4.78, 5) is 4.40. The Morgan fingerprint density at radius 2 is 2.21 bits per heavy atom. The summed E-state index contributed by atoms with van der Waals surface area (Å²) in [6, 6.07) is 7.25. The lowest BCUT2D eigenvalue weighted by Crippen LogP contribution is -2.09. The number of methoxy groups -OCH3 is 1. The van der Waals surface area contributed by atoms with Crippen LogP contribution in [0.1, 0.15) is 29.7 Å². The standard InChI is InChI=1S/C15H16ClN5O2S/c1-3-21-11(8-22-2)18-19-14(21)12(24)15-17-13(20-23-15)9-5-4-6-10(16)7-9/h4-7,12,24H,3,8H2,1-2H3. The highest BCUT2D eigenvalue weighted by atomic mass is 35.5. The van der Waals surface area contributed by atoms with Crippen molar-refractivity contribution in [2.75, 3.05) is 7.11 Å². The number of halogens is 1. The van der Waals surface area contributed by atoms with Crippen molar-refractivity contribution in [3.05, 3.63) is 46.8 Å². The van der Waals surface area contributed by atoms with Crippen LogP contribution in [0.5, 0.6) is 0 Å². The lowest BCUT2D eigenvalue weighted by Gasteiger charge is -2.09. The van der Waals surface area contributed by atoms with Gasteiger partial charge in [-0.3, -0.25) is 0 Å². The first-order valence-electron chi connectivity index (χ1n) is 7.32. The molecule has 0 saturated heterocycles. The Kier molecular flexibility index (Phi) is 5.17. The van der Waals surface area contributed by atoms with E-state index in [1.54, 1.807) is 19.2 Å². The molecule has 1 aromatic carbocycles. The summed E-state index contributed by atoms with van der Waals surface area (Å²) in [6.07, 6.45) is 0. The molecule has 7 nitrogen and oxygen atoms in total. The maximum atomic E-state index is 6.00. The van der Waals surface area contributed by atoms with Crippen LogP contribution in [-0.4, -0.2) is 32.0 Å². The second kappa shape index (κ2) is 7.33. The Hall–Kier alpha value is -1.90. The van der Waals surface area contributed by atoms with Crippen LogP contribution in [0.25, 0.3) is 11.4 Å². The zero-order chi connectivity index (χ0) is 17.1. The maximum absolute atomic E-state index is 6.00. The molecule has 0 spiro atoms. The molecule has 0 aliphatic heterocycles. The largest absolute Gasteiger partial charge is 0.377 e. The molecule has 0 amide bonds. The Labute approximate surface area is 149 Å². The molecule has 0 aliphatic rings. The molecule has 0 fully saturated rings. The molecule has 0 bridgehead atoms. The fourth-order valence-corrected chi connectivity index (χ4v) is 2.82. The number of aromatic nitrogens is 5. The van der Waals surface area contributed by atoms with Crippen LogP contribution in [0.3, 0.4) is 0 Å². The van der Waals surface area contributed by atoms with Gasteiger partial charge in [-0.1, -0.05) is 28.9 Å². The van der Waals surface area contributed by atoms with Gasteiger partial charge in [0.15, 0.2) is 11.6 Å². The Bertz CT molecular complexity index is 835. The zero-order valence-electron chi connectivity index (χ0n) is 13.2. The molecule has 0 radical (unpaired) electrons. The molecule has 0 aliphatic carbocycles. The van der Waals surface area contributed by atoms with E-state index in [4.69, 9.17) is 20.9 Å². The third-order valence-corrected chi connectivity index (χ3v) is 4.14. The van der Waals surface area contributed by atoms with E-state index in [0.29, 0.717) is 35.7 Å². The van der Waals surface area contributed by atoms with Crippen LogP contribution in [0.2, 0.25) is 5.02 Å². The second-order valence-electron chi connectivity index (χ2n) is 5.02. The SMILES string of the molecule is CCn1c(COC)nnc1C(S)c1nc(-c2cccc(Cl)c2)no1. The predicted molar refractivity (Wildman–Crippen MR) is 92.0 cm³/mol. The molecule has 0 N–H and O–H groups in total. The molecule has 9 heteroatoms. The number of ether oxygens (including phenoxy) is 1. The Morgan fingerprint density at radius 3 is 2.92 bits per heavy atom. The molecule has 1 atom stereocenters. The summed E-state index contributed by atoms with van der Waals surface area (Å²) >= 11 is 10.6. The first-order chi connectivity index (χ1) is 11.6. The van der Waals surface area contributed by atoms with Crippen molar-refractivity contribution in [1.29, 1.82) is 0 Å². The highest BCUT2D eigenvalue weighted by molar-refractivity contribution is 7.80. The lowest BCUT2D eigenvalue weighted by atomic mass is 10.2. The number of hydrogen-bond donors (Lipinski definition) is 1. The summed E-state index contributed by atoms with van der Waals surface area (Å²) in [5, 5.41) is 12.4. The quantitative estimate of drug-likeness (QED) is 0.676. The maximum Gasteiger partial charge on any atom is 0.247 e. The highest BCUT2D eigenvalue weighted by Gasteiger charge is 2.24. The average molecular weight is 366 g/mol. The van der Waals surface area contributed by atoms with Crippen molar-refractivity contribution in [2.45, 2.75) is 25.3 Å². The second-order valence-corrected chi connectivity index (χ2v) is 5.97. The third kappa shape index (κ3) is 3.31. The van der Waals surface area contributed by atoms with Crippen LogP contribution in [0.4, 0.5) is 0 Å². The van der Waals surface area contributed by atoms with Crippen LogP contribution in [-0.2, 0) is 17.9 Å².